The van der Waals surface area contributed by atoms with Crippen LogP contribution in [0.15, 0.2) is 82.4 Å². The molecular weight excluding hydrogens is 464 g/mol. The average Bonchev–Trinajstić information content (AvgIpc) is 2.79. The number of hydrogen-bond acceptors (Lipinski definition) is 6. The van der Waals surface area contributed by atoms with Gasteiger partial charge in [0.2, 0.25) is 6.10 Å². The zero-order chi connectivity index (χ0) is 21.6. The van der Waals surface area contributed by atoms with E-state index in [0.29, 0.717) is 28.4 Å². The van der Waals surface area contributed by atoms with Gasteiger partial charge in [-0.2, -0.15) is 5.10 Å². The summed E-state index contributed by atoms with van der Waals surface area (Å²) in [5.41, 5.74) is 3.51. The van der Waals surface area contributed by atoms with Gasteiger partial charge in [0.1, 0.15) is 12.4 Å². The Kier molecular flexibility index (Phi) is 6.28. The molecule has 31 heavy (non-hydrogen) atoms. The predicted octanol–water partition coefficient (Wildman–Crippen LogP) is 3.96. The number of carbonyl (C=O) groups excluding carboxylic acids is 2. The Morgan fingerprint density at radius 2 is 1.84 bits per heavy atom. The topological polar surface area (TPSA) is 86.2 Å². The molecule has 1 aliphatic rings. The largest absolute Gasteiger partial charge is 0.485 e. The Balaban J connectivity index is 1.34. The monoisotopic (exact) mass is 480 g/mol. The number of nitrogens with one attached hydrogen (secondary N) is 1. The molecule has 1 atom stereocenters. The highest BCUT2D eigenvalue weighted by molar-refractivity contribution is 9.10. The maximum Gasteiger partial charge on any atom is 0.343 e. The Morgan fingerprint density at radius 1 is 1.03 bits per heavy atom. The maximum atomic E-state index is 12.3. The first-order valence-electron chi connectivity index (χ1n) is 9.38. The lowest BCUT2D eigenvalue weighted by Crippen LogP contribution is -2.42. The molecule has 1 aliphatic heterocycles. The van der Waals surface area contributed by atoms with Crippen LogP contribution in [0.3, 0.4) is 0 Å². The van der Waals surface area contributed by atoms with Crippen LogP contribution < -0.4 is 19.6 Å². The molecule has 8 heteroatoms. The summed E-state index contributed by atoms with van der Waals surface area (Å²) in [4.78, 5) is 24.6. The first-order valence-corrected chi connectivity index (χ1v) is 10.2. The van der Waals surface area contributed by atoms with Gasteiger partial charge < -0.3 is 14.2 Å². The lowest BCUT2D eigenvalue weighted by Gasteiger charge is -2.24. The number of nitrogens with zero attached hydrogens (tertiary/aromatic N) is 1. The molecule has 0 fully saturated rings. The van der Waals surface area contributed by atoms with Crippen molar-refractivity contribution in [3.8, 4) is 17.2 Å². The maximum absolute atomic E-state index is 12.3. The van der Waals surface area contributed by atoms with Crippen molar-refractivity contribution in [2.24, 2.45) is 5.10 Å². The summed E-state index contributed by atoms with van der Waals surface area (Å²) in [6.07, 6.45) is 0.649. The van der Waals surface area contributed by atoms with E-state index in [0.717, 1.165) is 4.47 Å². The highest BCUT2D eigenvalue weighted by atomic mass is 79.9. The number of carbonyl (C=O) groups is 2. The number of fused-ring (bicyclic) bond motifs is 1. The normalized spacial score (nSPS) is 14.8. The molecule has 3 aromatic carbocycles. The lowest BCUT2D eigenvalue weighted by molar-refractivity contribution is -0.130. The van der Waals surface area contributed by atoms with Gasteiger partial charge in [0.25, 0.3) is 5.91 Å². The minimum atomic E-state index is -0.801. The third-order valence-corrected chi connectivity index (χ3v) is 4.81. The van der Waals surface area contributed by atoms with Crippen LogP contribution in [0.2, 0.25) is 0 Å². The Morgan fingerprint density at radius 3 is 2.68 bits per heavy atom. The van der Waals surface area contributed by atoms with Crippen LogP contribution in [-0.4, -0.2) is 30.8 Å². The summed E-state index contributed by atoms with van der Waals surface area (Å²) in [6, 6.07) is 20.9. The molecule has 1 heterocycles. The average molecular weight is 481 g/mol. The van der Waals surface area contributed by atoms with Crippen molar-refractivity contribution in [3.63, 3.8) is 0 Å². The second-order valence-corrected chi connectivity index (χ2v) is 7.49. The fourth-order valence-corrected chi connectivity index (χ4v) is 3.23. The predicted molar refractivity (Wildman–Crippen MR) is 118 cm³/mol. The van der Waals surface area contributed by atoms with E-state index in [4.69, 9.17) is 14.2 Å². The fourth-order valence-electron chi connectivity index (χ4n) is 2.83. The molecular formula is C23H17BrN2O5. The number of hydrogen-bond donors (Lipinski definition) is 1. The molecule has 1 N–H and O–H groups in total. The van der Waals surface area contributed by atoms with Gasteiger partial charge in [0.15, 0.2) is 11.5 Å². The Labute approximate surface area is 186 Å². The molecule has 0 spiro atoms. The van der Waals surface area contributed by atoms with Crippen LogP contribution in [0.4, 0.5) is 0 Å². The first-order chi connectivity index (χ1) is 15.1. The van der Waals surface area contributed by atoms with Crippen LogP contribution in [0.1, 0.15) is 15.9 Å². The second kappa shape index (κ2) is 9.44. The van der Waals surface area contributed by atoms with Crippen molar-refractivity contribution in [2.75, 3.05) is 6.61 Å². The van der Waals surface area contributed by atoms with E-state index < -0.39 is 18.0 Å². The van der Waals surface area contributed by atoms with Gasteiger partial charge in [-0.1, -0.05) is 46.3 Å². The Bertz CT molecular complexity index is 1150. The van der Waals surface area contributed by atoms with E-state index in [1.54, 1.807) is 60.7 Å². The molecule has 4 rings (SSSR count). The smallest absolute Gasteiger partial charge is 0.343 e. The summed E-state index contributed by atoms with van der Waals surface area (Å²) in [5.74, 6) is 0.574. The molecule has 0 radical (unpaired) electrons. The number of rotatable bonds is 5. The van der Waals surface area contributed by atoms with Gasteiger partial charge in [-0.3, -0.25) is 4.79 Å². The second-order valence-electron chi connectivity index (χ2n) is 6.57. The SMILES string of the molecule is O=C(Oc1cccc(/C=N\NC(=O)[C@@H]2COc3ccccc3O2)c1)c1cccc(Br)c1. The fraction of sp³-hybridized carbons (Fsp3) is 0.0870. The molecule has 0 bridgehead atoms. The highest BCUT2D eigenvalue weighted by Gasteiger charge is 2.26. The molecule has 0 aromatic heterocycles. The first kappa shape index (κ1) is 20.6. The van der Waals surface area contributed by atoms with E-state index in [1.807, 2.05) is 12.1 Å². The third kappa shape index (κ3) is 5.29. The van der Waals surface area contributed by atoms with Gasteiger partial charge in [-0.25, -0.2) is 10.2 Å². The zero-order valence-electron chi connectivity index (χ0n) is 16.2. The van der Waals surface area contributed by atoms with Crippen LogP contribution in [0, 0.1) is 0 Å². The summed E-state index contributed by atoms with van der Waals surface area (Å²) in [6.45, 7) is 0.0966. The number of benzene rings is 3. The minimum Gasteiger partial charge on any atom is -0.485 e. The highest BCUT2D eigenvalue weighted by Crippen LogP contribution is 2.30. The Hall–Kier alpha value is -3.65. The molecule has 3 aromatic rings. The third-order valence-electron chi connectivity index (χ3n) is 4.32. The molecule has 156 valence electrons. The van der Waals surface area contributed by atoms with E-state index in [2.05, 4.69) is 26.5 Å². The van der Waals surface area contributed by atoms with Crippen LogP contribution in [-0.2, 0) is 4.79 Å². The number of halogens is 1. The molecule has 0 unspecified atom stereocenters. The van der Waals surface area contributed by atoms with E-state index in [9.17, 15) is 9.59 Å². The van der Waals surface area contributed by atoms with Crippen LogP contribution in [0.5, 0.6) is 17.2 Å². The van der Waals surface area contributed by atoms with E-state index in [-0.39, 0.29) is 6.61 Å². The van der Waals surface area contributed by atoms with Crippen molar-refractivity contribution in [2.45, 2.75) is 6.10 Å². The molecule has 7 nitrogen and oxygen atoms in total. The number of para-hydroxylation sites is 2. The summed E-state index contributed by atoms with van der Waals surface area (Å²) in [7, 11) is 0. The molecule has 1 amide bonds. The van der Waals surface area contributed by atoms with Gasteiger partial charge in [0, 0.05) is 4.47 Å². The number of hydrazone groups is 1. The zero-order valence-corrected chi connectivity index (χ0v) is 17.7. The van der Waals surface area contributed by atoms with Crippen molar-refractivity contribution in [3.05, 3.63) is 88.4 Å². The van der Waals surface area contributed by atoms with Crippen molar-refractivity contribution >= 4 is 34.0 Å². The van der Waals surface area contributed by atoms with Gasteiger partial charge in [-0.15, -0.1) is 0 Å². The molecule has 0 saturated heterocycles. The lowest BCUT2D eigenvalue weighted by atomic mass is 10.2. The number of esters is 1. The van der Waals surface area contributed by atoms with Crippen LogP contribution in [0.25, 0.3) is 0 Å². The van der Waals surface area contributed by atoms with Crippen molar-refractivity contribution in [1.29, 1.82) is 0 Å². The summed E-state index contributed by atoms with van der Waals surface area (Å²) < 4.78 is 17.4. The number of amides is 1. The summed E-state index contributed by atoms with van der Waals surface area (Å²) in [5, 5.41) is 3.96. The van der Waals surface area contributed by atoms with Crippen molar-refractivity contribution < 1.29 is 23.8 Å². The van der Waals surface area contributed by atoms with Gasteiger partial charge in [0.05, 0.1) is 11.8 Å². The van der Waals surface area contributed by atoms with E-state index >= 15 is 0 Å². The van der Waals surface area contributed by atoms with Gasteiger partial charge in [-0.05, 0) is 48.0 Å². The molecule has 0 aliphatic carbocycles. The van der Waals surface area contributed by atoms with Crippen molar-refractivity contribution in [1.82, 2.24) is 5.43 Å². The molecule has 0 saturated carbocycles. The minimum absolute atomic E-state index is 0.0966. The quantitative estimate of drug-likeness (QED) is 0.258. The summed E-state index contributed by atoms with van der Waals surface area (Å²) >= 11 is 3.33. The standard InChI is InChI=1S/C23H17BrN2O5/c24-17-7-4-6-16(12-17)23(28)30-18-8-3-5-15(11-18)13-25-26-22(27)21-14-29-19-9-1-2-10-20(19)31-21/h1-13,21H,14H2,(H,26,27)/b25-13-/t21-/m0/s1. The number of ether oxygens (including phenoxy) is 3. The van der Waals surface area contributed by atoms with E-state index in [1.165, 1.54) is 6.21 Å². The van der Waals surface area contributed by atoms with Crippen LogP contribution >= 0.6 is 15.9 Å². The van der Waals surface area contributed by atoms with Gasteiger partial charge >= 0.3 is 5.97 Å².